The van der Waals surface area contributed by atoms with Crippen LogP contribution in [0.25, 0.3) is 10.1 Å². The third-order valence-electron chi connectivity index (χ3n) is 6.66. The third-order valence-corrected chi connectivity index (χ3v) is 9.40. The fourth-order valence-corrected chi connectivity index (χ4v) is 6.62. The maximum absolute atomic E-state index is 13.5. The average molecular weight is 548 g/mol. The summed E-state index contributed by atoms with van der Waals surface area (Å²) in [5.41, 5.74) is 1.95. The van der Waals surface area contributed by atoms with E-state index in [-0.39, 0.29) is 12.1 Å². The van der Waals surface area contributed by atoms with Crippen LogP contribution in [0.15, 0.2) is 42.5 Å². The molecule has 0 unspecified atom stereocenters. The van der Waals surface area contributed by atoms with E-state index in [1.165, 1.54) is 11.3 Å². The zero-order chi connectivity index (χ0) is 26.6. The maximum atomic E-state index is 13.5. The number of nitrogens with one attached hydrogen (secondary N) is 2. The highest BCUT2D eigenvalue weighted by Gasteiger charge is 2.31. The molecule has 2 heterocycles. The second kappa shape index (κ2) is 11.5. The molecule has 1 fully saturated rings. The molecule has 1 aliphatic heterocycles. The molecule has 3 aromatic rings. The highest BCUT2D eigenvalue weighted by molar-refractivity contribution is 7.70. The Labute approximate surface area is 221 Å². The molecule has 9 heteroatoms. The van der Waals surface area contributed by atoms with Crippen LogP contribution in [0, 0.1) is 11.8 Å². The second-order valence-electron chi connectivity index (χ2n) is 9.79. The smallest absolute Gasteiger partial charge is 0.381 e. The molecule has 198 valence electrons. The van der Waals surface area contributed by atoms with Gasteiger partial charge in [-0.05, 0) is 74.0 Å². The van der Waals surface area contributed by atoms with Crippen LogP contribution < -0.4 is 15.9 Å². The van der Waals surface area contributed by atoms with Crippen molar-refractivity contribution in [3.05, 3.63) is 52.9 Å². The summed E-state index contributed by atoms with van der Waals surface area (Å²) >= 11 is 1.33. The number of piperidine rings is 1. The Bertz CT molecular complexity index is 1330. The largest absolute Gasteiger partial charge is 0.393 e. The Morgan fingerprint density at radius 3 is 2.43 bits per heavy atom. The molecule has 4 rings (SSSR count). The Kier molecular flexibility index (Phi) is 8.58. The zero-order valence-corrected chi connectivity index (χ0v) is 23.1. The minimum absolute atomic E-state index is 0.246. The van der Waals surface area contributed by atoms with Gasteiger partial charge in [0, 0.05) is 30.1 Å². The van der Waals surface area contributed by atoms with Gasteiger partial charge in [-0.15, -0.1) is 11.3 Å². The molecule has 0 bridgehead atoms. The highest BCUT2D eigenvalue weighted by Crippen LogP contribution is 2.39. The normalized spacial score (nSPS) is 15.4. The van der Waals surface area contributed by atoms with Crippen molar-refractivity contribution in [2.45, 2.75) is 38.4 Å². The monoisotopic (exact) mass is 547 g/mol. The van der Waals surface area contributed by atoms with Crippen molar-refractivity contribution in [1.82, 2.24) is 4.90 Å². The van der Waals surface area contributed by atoms with Crippen molar-refractivity contribution in [2.24, 2.45) is 0 Å². The number of hydrogen-bond donors (Lipinski definition) is 2. The first-order valence-electron chi connectivity index (χ1n) is 12.5. The van der Waals surface area contributed by atoms with Gasteiger partial charge in [0.15, 0.2) is 0 Å². The summed E-state index contributed by atoms with van der Waals surface area (Å²) < 4.78 is 53.5. The number of fused-ring (bicyclic) bond motifs is 1. The van der Waals surface area contributed by atoms with Crippen molar-refractivity contribution in [2.75, 3.05) is 50.1 Å². The van der Waals surface area contributed by atoms with E-state index in [4.69, 9.17) is 0 Å². The van der Waals surface area contributed by atoms with E-state index >= 15 is 0 Å². The van der Waals surface area contributed by atoms with Crippen LogP contribution in [-0.2, 0) is 11.0 Å². The van der Waals surface area contributed by atoms with E-state index in [0.717, 1.165) is 53.9 Å². The van der Waals surface area contributed by atoms with Gasteiger partial charge in [-0.25, -0.2) is 0 Å². The molecule has 0 radical (unpaired) electrons. The number of benzene rings is 2. The number of hydrogen-bond acceptors (Lipinski definition) is 5. The number of rotatable bonds is 7. The minimum Gasteiger partial charge on any atom is -0.381 e. The summed E-state index contributed by atoms with van der Waals surface area (Å²) in [6, 6.07) is 13.2. The summed E-state index contributed by atoms with van der Waals surface area (Å²) in [4.78, 5) is 2.87. The molecule has 0 amide bonds. The number of alkyl halides is 3. The molecule has 0 atom stereocenters. The first-order chi connectivity index (χ1) is 17.5. The van der Waals surface area contributed by atoms with Crippen LogP contribution in [-0.4, -0.2) is 56.6 Å². The van der Waals surface area contributed by atoms with Gasteiger partial charge in [-0.3, -0.25) is 0 Å². The van der Waals surface area contributed by atoms with Gasteiger partial charge in [0.25, 0.3) is 0 Å². The van der Waals surface area contributed by atoms with E-state index in [0.29, 0.717) is 16.3 Å². The van der Waals surface area contributed by atoms with Crippen molar-refractivity contribution in [3.8, 4) is 11.8 Å². The molecule has 0 aliphatic carbocycles. The lowest BCUT2D eigenvalue weighted by Crippen LogP contribution is -2.38. The summed E-state index contributed by atoms with van der Waals surface area (Å²) in [5, 5.41) is 8.19. The van der Waals surface area contributed by atoms with Crippen LogP contribution in [0.4, 0.5) is 24.5 Å². The average Bonchev–Trinajstić information content (AvgIpc) is 3.19. The Hall–Kier alpha value is -2.46. The van der Waals surface area contributed by atoms with Gasteiger partial charge in [-0.1, -0.05) is 30.9 Å². The zero-order valence-electron chi connectivity index (χ0n) is 21.4. The number of likely N-dealkylation sites (tertiary alicyclic amines) is 1. The summed E-state index contributed by atoms with van der Waals surface area (Å²) in [5.74, 6) is 6.00. The van der Waals surface area contributed by atoms with Gasteiger partial charge < -0.3 is 20.1 Å². The lowest BCUT2D eigenvalue weighted by molar-refractivity contribution is -0.126. The van der Waals surface area contributed by atoms with Crippen LogP contribution in [0.3, 0.4) is 0 Å². The van der Waals surface area contributed by atoms with E-state index in [1.807, 2.05) is 36.4 Å². The number of anilines is 2. The minimum atomic E-state index is -4.32. The van der Waals surface area contributed by atoms with E-state index < -0.39 is 19.7 Å². The Morgan fingerprint density at radius 1 is 1.11 bits per heavy atom. The quantitative estimate of drug-likeness (QED) is 0.258. The Morgan fingerprint density at radius 2 is 1.81 bits per heavy atom. The molecular weight excluding hydrogens is 514 g/mol. The third kappa shape index (κ3) is 7.31. The van der Waals surface area contributed by atoms with Gasteiger partial charge in [0.2, 0.25) is 0 Å². The molecule has 2 aromatic carbocycles. The number of thiophene rings is 1. The molecule has 37 heavy (non-hydrogen) atoms. The lowest BCUT2D eigenvalue weighted by Gasteiger charge is -2.32. The van der Waals surface area contributed by atoms with Gasteiger partial charge >= 0.3 is 6.18 Å². The molecule has 1 saturated heterocycles. The van der Waals surface area contributed by atoms with Crippen LogP contribution in [0.2, 0.25) is 0 Å². The summed E-state index contributed by atoms with van der Waals surface area (Å²) in [7, 11) is -2.32. The molecule has 0 spiro atoms. The molecule has 2 N–H and O–H groups in total. The topological polar surface area (TPSA) is 44.4 Å². The Balaban J connectivity index is 1.54. The van der Waals surface area contributed by atoms with Gasteiger partial charge in [0.1, 0.15) is 7.14 Å². The second-order valence-corrected chi connectivity index (χ2v) is 14.0. The number of nitrogens with zero attached hydrogens (tertiary/aromatic N) is 1. The van der Waals surface area contributed by atoms with Gasteiger partial charge in [0.05, 0.1) is 28.2 Å². The molecule has 1 aliphatic rings. The predicted octanol–water partition coefficient (Wildman–Crippen LogP) is 6.61. The SMILES string of the molecule is CCN1CCC(Nc2cccc3c(CC(F)(F)F)c(C#CCNc4ccc(P(C)(C)=O)cc4)sc23)CC1. The molecular formula is C28H33F3N3OPS. The van der Waals surface area contributed by atoms with Crippen molar-refractivity contribution in [3.63, 3.8) is 0 Å². The van der Waals surface area contributed by atoms with E-state index in [1.54, 1.807) is 19.4 Å². The fourth-order valence-electron chi connectivity index (χ4n) is 4.58. The van der Waals surface area contributed by atoms with Crippen molar-refractivity contribution in [1.29, 1.82) is 0 Å². The van der Waals surface area contributed by atoms with E-state index in [2.05, 4.69) is 34.3 Å². The van der Waals surface area contributed by atoms with Crippen LogP contribution in [0.1, 0.15) is 30.2 Å². The lowest BCUT2D eigenvalue weighted by atomic mass is 10.0. The van der Waals surface area contributed by atoms with Gasteiger partial charge in [-0.2, -0.15) is 13.2 Å². The fraction of sp³-hybridized carbons (Fsp3) is 0.429. The molecule has 0 saturated carbocycles. The van der Waals surface area contributed by atoms with Crippen LogP contribution >= 0.6 is 18.5 Å². The maximum Gasteiger partial charge on any atom is 0.393 e. The first-order valence-corrected chi connectivity index (χ1v) is 15.9. The van der Waals surface area contributed by atoms with Crippen molar-refractivity contribution < 1.29 is 17.7 Å². The number of halogens is 3. The first kappa shape index (κ1) is 27.6. The van der Waals surface area contributed by atoms with Crippen LogP contribution in [0.5, 0.6) is 0 Å². The highest BCUT2D eigenvalue weighted by atomic mass is 32.1. The standard InChI is InChI=1S/C28H33F3N3OPS/c1-4-34-17-14-21(15-18-34)33-25-8-5-7-23-24(19-28(29,30)31)26(37-27(23)25)9-6-16-32-20-10-12-22(13-11-20)36(2,3)35/h5,7-8,10-13,21,32-33H,4,14-19H2,1-3H3. The van der Waals surface area contributed by atoms with Crippen molar-refractivity contribution >= 4 is 45.2 Å². The molecule has 1 aromatic heterocycles. The predicted molar refractivity (Wildman–Crippen MR) is 151 cm³/mol. The van der Waals surface area contributed by atoms with E-state index in [9.17, 15) is 17.7 Å². The summed E-state index contributed by atoms with van der Waals surface area (Å²) in [6.07, 6.45) is -3.30. The molecule has 4 nitrogen and oxygen atoms in total. The summed E-state index contributed by atoms with van der Waals surface area (Å²) in [6.45, 7) is 8.98.